The molecule has 0 aliphatic heterocycles. The largest absolute Gasteiger partial charge is 0.491 e. The number of pyridine rings is 1. The summed E-state index contributed by atoms with van der Waals surface area (Å²) in [5.74, 6) is -3.96. The zero-order valence-electron chi connectivity index (χ0n) is 26.3. The van der Waals surface area contributed by atoms with Crippen molar-refractivity contribution in [2.24, 2.45) is 0 Å². The summed E-state index contributed by atoms with van der Waals surface area (Å²) in [4.78, 5) is 15.1. The third kappa shape index (κ3) is 6.18. The topological polar surface area (TPSA) is 87.4 Å². The molecular weight excluding hydrogens is 628 g/mol. The van der Waals surface area contributed by atoms with Crippen molar-refractivity contribution < 1.29 is 31.8 Å². The Hall–Kier alpha value is -5.72. The molecule has 0 aliphatic carbocycles. The number of halogens is 4. The van der Waals surface area contributed by atoms with Gasteiger partial charge in [-0.1, -0.05) is 30.3 Å². The average Bonchev–Trinajstić information content (AvgIpc) is 3.48. The zero-order valence-corrected chi connectivity index (χ0v) is 26.3. The summed E-state index contributed by atoms with van der Waals surface area (Å²) in [5.41, 5.74) is 1.65. The van der Waals surface area contributed by atoms with E-state index in [1.54, 1.807) is 55.4 Å². The maximum absolute atomic E-state index is 15.3. The van der Waals surface area contributed by atoms with Gasteiger partial charge in [0, 0.05) is 34.6 Å². The number of rotatable bonds is 12. The van der Waals surface area contributed by atoms with Crippen LogP contribution in [0.1, 0.15) is 25.0 Å². The lowest BCUT2D eigenvalue weighted by Gasteiger charge is -2.26. The number of ether oxygens (including phenoxy) is 3. The van der Waals surface area contributed by atoms with E-state index in [-0.39, 0.29) is 66.3 Å². The first-order valence-electron chi connectivity index (χ1n) is 15.1. The molecular formula is C35H30F4N6O3. The van der Waals surface area contributed by atoms with E-state index in [0.717, 1.165) is 0 Å². The lowest BCUT2D eigenvalue weighted by molar-refractivity contribution is 0.313. The zero-order chi connectivity index (χ0) is 33.8. The number of aromatic nitrogens is 5. The molecule has 0 fully saturated rings. The Bertz CT molecular complexity index is 2080. The highest BCUT2D eigenvalue weighted by molar-refractivity contribution is 5.92. The second-order valence-corrected chi connectivity index (χ2v) is 10.5. The van der Waals surface area contributed by atoms with Crippen LogP contribution in [0.5, 0.6) is 17.2 Å². The smallest absolute Gasteiger partial charge is 0.200 e. The summed E-state index contributed by atoms with van der Waals surface area (Å²) in [5, 5.41) is 5.38. The van der Waals surface area contributed by atoms with Gasteiger partial charge in [-0.15, -0.1) is 0 Å². The molecule has 6 aromatic rings. The second-order valence-electron chi connectivity index (χ2n) is 10.5. The van der Waals surface area contributed by atoms with Crippen LogP contribution in [-0.2, 0) is 13.1 Å². The van der Waals surface area contributed by atoms with E-state index in [9.17, 15) is 8.78 Å². The summed E-state index contributed by atoms with van der Waals surface area (Å²) >= 11 is 0. The molecule has 0 saturated heterocycles. The number of nitrogens with zero attached hydrogens (tertiary/aromatic N) is 6. The molecule has 6 rings (SSSR count). The van der Waals surface area contributed by atoms with Crippen LogP contribution in [0.2, 0.25) is 0 Å². The normalized spacial score (nSPS) is 11.1. The van der Waals surface area contributed by atoms with Crippen molar-refractivity contribution in [2.75, 3.05) is 25.2 Å². The van der Waals surface area contributed by atoms with Gasteiger partial charge in [0.15, 0.2) is 40.5 Å². The van der Waals surface area contributed by atoms with Crippen molar-refractivity contribution in [2.45, 2.75) is 26.9 Å². The molecule has 0 bridgehead atoms. The molecule has 48 heavy (non-hydrogen) atoms. The maximum atomic E-state index is 15.3. The van der Waals surface area contributed by atoms with Crippen molar-refractivity contribution in [3.8, 4) is 28.8 Å². The molecule has 13 heteroatoms. The van der Waals surface area contributed by atoms with Crippen LogP contribution in [0.3, 0.4) is 0 Å². The van der Waals surface area contributed by atoms with Crippen molar-refractivity contribution in [1.82, 2.24) is 24.7 Å². The van der Waals surface area contributed by atoms with Gasteiger partial charge < -0.3 is 19.1 Å². The average molecular weight is 659 g/mol. The third-order valence-corrected chi connectivity index (χ3v) is 7.56. The number of methoxy groups -OCH3 is 1. The SMILES string of the molecule is CCOc1ccc(CN(c2ccncc2)c2nc(-c3nn(Cc4ccc(OCC)c(F)c4F)c4ccccc34)ncc2OC)c(F)c1F. The van der Waals surface area contributed by atoms with Crippen LogP contribution >= 0.6 is 0 Å². The molecule has 0 amide bonds. The molecule has 246 valence electrons. The maximum Gasteiger partial charge on any atom is 0.200 e. The van der Waals surface area contributed by atoms with Crippen LogP contribution in [0.25, 0.3) is 22.4 Å². The van der Waals surface area contributed by atoms with Gasteiger partial charge in [-0.3, -0.25) is 9.67 Å². The van der Waals surface area contributed by atoms with Gasteiger partial charge in [0.25, 0.3) is 0 Å². The number of hydrogen-bond donors (Lipinski definition) is 0. The summed E-state index contributed by atoms with van der Waals surface area (Å²) in [6.07, 6.45) is 4.57. The number of benzene rings is 3. The Kier molecular flexibility index (Phi) is 9.37. The number of hydrogen-bond acceptors (Lipinski definition) is 8. The van der Waals surface area contributed by atoms with Gasteiger partial charge in [0.2, 0.25) is 11.6 Å². The highest BCUT2D eigenvalue weighted by Gasteiger charge is 2.25. The minimum absolute atomic E-state index is 0.0364. The van der Waals surface area contributed by atoms with Gasteiger partial charge in [0.1, 0.15) is 5.69 Å². The number of para-hydroxylation sites is 1. The molecule has 9 nitrogen and oxygen atoms in total. The summed E-state index contributed by atoms with van der Waals surface area (Å²) in [7, 11) is 1.44. The fourth-order valence-corrected chi connectivity index (χ4v) is 5.29. The molecule has 0 radical (unpaired) electrons. The van der Waals surface area contributed by atoms with Crippen molar-refractivity contribution >= 4 is 22.4 Å². The van der Waals surface area contributed by atoms with Gasteiger partial charge in [-0.05, 0) is 44.2 Å². The first-order valence-corrected chi connectivity index (χ1v) is 15.1. The molecule has 0 atom stereocenters. The molecule has 3 aromatic carbocycles. The van der Waals surface area contributed by atoms with Crippen molar-refractivity contribution in [3.63, 3.8) is 0 Å². The highest BCUT2D eigenvalue weighted by atomic mass is 19.2. The van der Waals surface area contributed by atoms with E-state index < -0.39 is 23.3 Å². The van der Waals surface area contributed by atoms with E-state index in [1.165, 1.54) is 42.3 Å². The van der Waals surface area contributed by atoms with Crippen LogP contribution in [0.4, 0.5) is 29.1 Å². The van der Waals surface area contributed by atoms with Crippen LogP contribution < -0.4 is 19.1 Å². The first kappa shape index (κ1) is 32.2. The molecule has 0 unspecified atom stereocenters. The van der Waals surface area contributed by atoms with E-state index in [1.807, 2.05) is 12.1 Å². The molecule has 0 aliphatic rings. The van der Waals surface area contributed by atoms with E-state index in [0.29, 0.717) is 22.3 Å². The first-order chi connectivity index (χ1) is 23.3. The lowest BCUT2D eigenvalue weighted by Crippen LogP contribution is -2.20. The Balaban J connectivity index is 1.45. The summed E-state index contributed by atoms with van der Waals surface area (Å²) in [6.45, 7) is 3.49. The van der Waals surface area contributed by atoms with Crippen molar-refractivity contribution in [1.29, 1.82) is 0 Å². The molecule has 0 N–H and O–H groups in total. The van der Waals surface area contributed by atoms with E-state index >= 15 is 8.78 Å². The Labute approximate surface area is 273 Å². The van der Waals surface area contributed by atoms with Gasteiger partial charge in [-0.25, -0.2) is 18.7 Å². The van der Waals surface area contributed by atoms with Crippen LogP contribution in [-0.4, -0.2) is 45.1 Å². The summed E-state index contributed by atoms with van der Waals surface area (Å²) < 4.78 is 77.6. The molecule has 0 saturated carbocycles. The Morgan fingerprint density at radius 1 is 0.750 bits per heavy atom. The highest BCUT2D eigenvalue weighted by Crippen LogP contribution is 2.37. The van der Waals surface area contributed by atoms with Gasteiger partial charge in [0.05, 0.1) is 45.1 Å². The molecule has 0 spiro atoms. The summed E-state index contributed by atoms with van der Waals surface area (Å²) in [6, 6.07) is 16.3. The monoisotopic (exact) mass is 658 g/mol. The third-order valence-electron chi connectivity index (χ3n) is 7.56. The lowest BCUT2D eigenvalue weighted by atomic mass is 10.1. The molecule has 3 heterocycles. The standard InChI is InChI=1S/C35H30F4N6O3/c1-4-47-26-12-10-21(29(36)31(26)38)19-44(23-14-16-40-17-15-23)35-28(46-3)18-41-34(42-35)33-24-8-6-7-9-25(24)45(43-33)20-22-11-13-27(48-5-2)32(39)30(22)37/h6-18H,4-5,19-20H2,1-3H3. The number of anilines is 2. The Morgan fingerprint density at radius 3 is 2.06 bits per heavy atom. The van der Waals surface area contributed by atoms with E-state index in [2.05, 4.69) is 9.97 Å². The van der Waals surface area contributed by atoms with Crippen LogP contribution in [0, 0.1) is 23.3 Å². The second kappa shape index (κ2) is 14.0. The minimum Gasteiger partial charge on any atom is -0.491 e. The fraction of sp³-hybridized carbons (Fsp3) is 0.200. The van der Waals surface area contributed by atoms with Crippen molar-refractivity contribution in [3.05, 3.63) is 114 Å². The minimum atomic E-state index is -1.10. The number of fused-ring (bicyclic) bond motifs is 1. The van der Waals surface area contributed by atoms with Gasteiger partial charge >= 0.3 is 0 Å². The fourth-order valence-electron chi connectivity index (χ4n) is 5.29. The predicted molar refractivity (Wildman–Crippen MR) is 172 cm³/mol. The van der Waals surface area contributed by atoms with Crippen LogP contribution in [0.15, 0.2) is 79.3 Å². The van der Waals surface area contributed by atoms with Gasteiger partial charge in [-0.2, -0.15) is 13.9 Å². The predicted octanol–water partition coefficient (Wildman–Crippen LogP) is 7.64. The van der Waals surface area contributed by atoms with E-state index in [4.69, 9.17) is 24.3 Å². The Morgan fingerprint density at radius 2 is 1.40 bits per heavy atom. The molecule has 3 aromatic heterocycles. The quantitative estimate of drug-likeness (QED) is 0.124.